The third-order valence-corrected chi connectivity index (χ3v) is 4.06. The van der Waals surface area contributed by atoms with E-state index in [1.54, 1.807) is 39.8 Å². The lowest BCUT2D eigenvalue weighted by atomic mass is 10.0. The van der Waals surface area contributed by atoms with Crippen molar-refractivity contribution in [3.63, 3.8) is 0 Å². The predicted molar refractivity (Wildman–Crippen MR) is 104 cm³/mol. The topological polar surface area (TPSA) is 101 Å². The molecule has 1 aromatic carbocycles. The molecule has 0 radical (unpaired) electrons. The molecule has 0 saturated carbocycles. The number of aliphatic carboxylic acids is 1. The summed E-state index contributed by atoms with van der Waals surface area (Å²) in [6, 6.07) is 7.28. The van der Waals surface area contributed by atoms with Gasteiger partial charge < -0.3 is 19.3 Å². The molecule has 1 unspecified atom stereocenters. The molecule has 0 amide bonds. The van der Waals surface area contributed by atoms with Crippen molar-refractivity contribution in [1.29, 1.82) is 0 Å². The first kappa shape index (κ1) is 22.9. The summed E-state index contributed by atoms with van der Waals surface area (Å²) in [5, 5.41) is 8.61. The number of carbonyl (C=O) groups is 2. The molecule has 160 valence electrons. The lowest BCUT2D eigenvalue weighted by molar-refractivity contribution is -0.467. The third kappa shape index (κ3) is 7.49. The number of esters is 1. The second-order valence-corrected chi connectivity index (χ2v) is 7.85. The highest BCUT2D eigenvalue weighted by molar-refractivity contribution is 5.76. The maximum Gasteiger partial charge on any atom is 0.306 e. The molecule has 1 heterocycles. The van der Waals surface area contributed by atoms with E-state index in [1.807, 2.05) is 12.1 Å². The maximum absolute atomic E-state index is 11.6. The zero-order valence-corrected chi connectivity index (χ0v) is 17.2. The Bertz CT molecular complexity index is 743. The van der Waals surface area contributed by atoms with Crippen LogP contribution in [-0.4, -0.2) is 47.8 Å². The molecule has 1 N–H and O–H groups in total. The second-order valence-electron chi connectivity index (χ2n) is 7.85. The van der Waals surface area contributed by atoms with Gasteiger partial charge in [0.2, 0.25) is 0 Å². The Morgan fingerprint density at radius 2 is 2.03 bits per heavy atom. The van der Waals surface area contributed by atoms with Gasteiger partial charge in [-0.1, -0.05) is 18.7 Å². The van der Waals surface area contributed by atoms with Crippen LogP contribution in [0.1, 0.15) is 46.1 Å². The SMILES string of the molecule is C=C(c1cccc(OC(C)(C)COC(=O)CCC(=O)O)c1)C1COC(C)(C)OO1. The minimum Gasteiger partial charge on any atom is -0.484 e. The number of benzene rings is 1. The smallest absolute Gasteiger partial charge is 0.306 e. The summed E-state index contributed by atoms with van der Waals surface area (Å²) in [7, 11) is 0. The summed E-state index contributed by atoms with van der Waals surface area (Å²) >= 11 is 0. The van der Waals surface area contributed by atoms with E-state index in [-0.39, 0.29) is 19.4 Å². The minimum atomic E-state index is -1.05. The van der Waals surface area contributed by atoms with Crippen molar-refractivity contribution in [1.82, 2.24) is 0 Å². The summed E-state index contributed by atoms with van der Waals surface area (Å²) in [4.78, 5) is 32.7. The maximum atomic E-state index is 11.6. The lowest BCUT2D eigenvalue weighted by Crippen LogP contribution is -2.40. The van der Waals surface area contributed by atoms with Crippen LogP contribution in [0, 0.1) is 0 Å². The Balaban J connectivity index is 1.93. The molecule has 0 aromatic heterocycles. The van der Waals surface area contributed by atoms with E-state index in [4.69, 9.17) is 29.1 Å². The van der Waals surface area contributed by atoms with Gasteiger partial charge in [0.1, 0.15) is 24.1 Å². The molecule has 1 saturated heterocycles. The number of carboxylic acids is 1. The van der Waals surface area contributed by atoms with E-state index in [1.165, 1.54) is 0 Å². The predicted octanol–water partition coefficient (Wildman–Crippen LogP) is 3.35. The van der Waals surface area contributed by atoms with E-state index in [9.17, 15) is 9.59 Å². The Morgan fingerprint density at radius 1 is 1.31 bits per heavy atom. The fourth-order valence-electron chi connectivity index (χ4n) is 2.49. The molecule has 8 nitrogen and oxygen atoms in total. The van der Waals surface area contributed by atoms with E-state index < -0.39 is 29.4 Å². The highest BCUT2D eigenvalue weighted by Crippen LogP contribution is 2.29. The number of hydrogen-bond donors (Lipinski definition) is 1. The fourth-order valence-corrected chi connectivity index (χ4v) is 2.49. The van der Waals surface area contributed by atoms with Crippen molar-refractivity contribution in [3.8, 4) is 5.75 Å². The zero-order valence-electron chi connectivity index (χ0n) is 17.2. The van der Waals surface area contributed by atoms with Gasteiger partial charge >= 0.3 is 11.9 Å². The number of carboxylic acid groups (broad SMARTS) is 1. The molecule has 1 atom stereocenters. The van der Waals surface area contributed by atoms with Crippen LogP contribution < -0.4 is 4.74 Å². The number of hydrogen-bond acceptors (Lipinski definition) is 7. The zero-order chi connectivity index (χ0) is 21.7. The van der Waals surface area contributed by atoms with Gasteiger partial charge in [-0.2, -0.15) is 0 Å². The number of rotatable bonds is 9. The molecule has 29 heavy (non-hydrogen) atoms. The normalized spacial score (nSPS) is 18.7. The van der Waals surface area contributed by atoms with E-state index in [0.717, 1.165) is 5.56 Å². The van der Waals surface area contributed by atoms with Crippen LogP contribution in [0.5, 0.6) is 5.75 Å². The average molecular weight is 408 g/mol. The molecule has 1 aliphatic rings. The first-order valence-electron chi connectivity index (χ1n) is 9.31. The van der Waals surface area contributed by atoms with Gasteiger partial charge in [-0.05, 0) is 51.0 Å². The van der Waals surface area contributed by atoms with Crippen LogP contribution in [-0.2, 0) is 28.8 Å². The average Bonchev–Trinajstić information content (AvgIpc) is 2.64. The summed E-state index contributed by atoms with van der Waals surface area (Å²) in [5.74, 6) is -1.86. The van der Waals surface area contributed by atoms with Gasteiger partial charge in [0.25, 0.3) is 0 Å². The molecule has 0 bridgehead atoms. The van der Waals surface area contributed by atoms with E-state index >= 15 is 0 Å². The summed E-state index contributed by atoms with van der Waals surface area (Å²) < 4.78 is 16.7. The first-order chi connectivity index (χ1) is 13.5. The van der Waals surface area contributed by atoms with E-state index in [0.29, 0.717) is 17.9 Å². The lowest BCUT2D eigenvalue weighted by Gasteiger charge is -2.34. The van der Waals surface area contributed by atoms with Crippen LogP contribution in [0.3, 0.4) is 0 Å². The van der Waals surface area contributed by atoms with Gasteiger partial charge in [0, 0.05) is 0 Å². The Kier molecular flexibility index (Phi) is 7.40. The molecule has 1 fully saturated rings. The molecule has 1 aliphatic heterocycles. The molecular formula is C21H28O8. The third-order valence-electron chi connectivity index (χ3n) is 4.06. The van der Waals surface area contributed by atoms with Crippen LogP contribution in [0.4, 0.5) is 0 Å². The van der Waals surface area contributed by atoms with E-state index in [2.05, 4.69) is 6.58 Å². The molecule has 1 aromatic rings. The van der Waals surface area contributed by atoms with Gasteiger partial charge in [-0.15, -0.1) is 0 Å². The van der Waals surface area contributed by atoms with Crippen LogP contribution in [0.15, 0.2) is 30.8 Å². The van der Waals surface area contributed by atoms with Crippen molar-refractivity contribution in [3.05, 3.63) is 36.4 Å². The van der Waals surface area contributed by atoms with Crippen LogP contribution in [0.25, 0.3) is 5.57 Å². The van der Waals surface area contributed by atoms with Gasteiger partial charge in [0.15, 0.2) is 5.79 Å². The largest absolute Gasteiger partial charge is 0.484 e. The molecule has 8 heteroatoms. The molecule has 0 spiro atoms. The van der Waals surface area contributed by atoms with Crippen LogP contribution in [0.2, 0.25) is 0 Å². The fraction of sp³-hybridized carbons (Fsp3) is 0.524. The standard InChI is InChI=1S/C21H28O8/c1-14(17-12-26-21(4,5)29-28-17)15-7-6-8-16(11-15)27-20(2,3)13-25-19(24)10-9-18(22)23/h6-8,11,17H,1,9-10,12-13H2,2-5H3,(H,22,23). The Morgan fingerprint density at radius 3 is 2.66 bits per heavy atom. The molecule has 0 aliphatic carbocycles. The Hall–Kier alpha value is -2.42. The van der Waals surface area contributed by atoms with Crippen LogP contribution >= 0.6 is 0 Å². The van der Waals surface area contributed by atoms with Gasteiger partial charge in [0.05, 0.1) is 19.4 Å². The van der Waals surface area contributed by atoms with Gasteiger partial charge in [-0.3, -0.25) is 9.59 Å². The quantitative estimate of drug-likeness (QED) is 0.490. The number of ether oxygens (including phenoxy) is 3. The minimum absolute atomic E-state index is 0.0148. The summed E-state index contributed by atoms with van der Waals surface area (Å²) in [5.41, 5.74) is 0.675. The van der Waals surface area contributed by atoms with Gasteiger partial charge in [-0.25, -0.2) is 9.78 Å². The molecule has 2 rings (SSSR count). The van der Waals surface area contributed by atoms with Crippen molar-refractivity contribution in [2.75, 3.05) is 13.2 Å². The summed E-state index contributed by atoms with van der Waals surface area (Å²) in [6.45, 7) is 11.4. The van der Waals surface area contributed by atoms with Crippen molar-refractivity contribution in [2.45, 2.75) is 58.0 Å². The van der Waals surface area contributed by atoms with Crippen molar-refractivity contribution >= 4 is 17.5 Å². The molecular weight excluding hydrogens is 380 g/mol. The monoisotopic (exact) mass is 408 g/mol. The second kappa shape index (κ2) is 9.39. The highest BCUT2D eigenvalue weighted by atomic mass is 17.2. The van der Waals surface area contributed by atoms with Crippen molar-refractivity contribution in [2.24, 2.45) is 0 Å². The number of carbonyl (C=O) groups excluding carboxylic acids is 1. The highest BCUT2D eigenvalue weighted by Gasteiger charge is 2.32. The summed E-state index contributed by atoms with van der Waals surface area (Å²) in [6.07, 6.45) is -0.886. The van der Waals surface area contributed by atoms with Crippen molar-refractivity contribution < 1.29 is 38.7 Å². The Labute approximate surface area is 170 Å². The first-order valence-corrected chi connectivity index (χ1v) is 9.31.